The molecule has 1 aliphatic rings. The molecule has 18 heavy (non-hydrogen) atoms. The number of hydrogen-bond acceptors (Lipinski definition) is 6. The summed E-state index contributed by atoms with van der Waals surface area (Å²) in [5.41, 5.74) is 5.41. The molecule has 1 aromatic carbocycles. The number of hydrogen-bond donors (Lipinski definition) is 1. The number of nitrogens with two attached hydrogens (primary N) is 1. The summed E-state index contributed by atoms with van der Waals surface area (Å²) < 4.78 is 21.2. The zero-order valence-corrected chi connectivity index (χ0v) is 10.4. The molecular formula is C12H16N2O4. The highest BCUT2D eigenvalue weighted by molar-refractivity contribution is 5.73. The van der Waals surface area contributed by atoms with Crippen LogP contribution < -0.4 is 19.9 Å². The van der Waals surface area contributed by atoms with Crippen LogP contribution in [0.15, 0.2) is 23.2 Å². The van der Waals surface area contributed by atoms with Crippen molar-refractivity contribution in [1.82, 2.24) is 0 Å². The minimum Gasteiger partial charge on any atom is -0.493 e. The Morgan fingerprint density at radius 1 is 1.33 bits per heavy atom. The molecule has 6 heteroatoms. The molecule has 1 heterocycles. The Balaban J connectivity index is 1.93. The van der Waals surface area contributed by atoms with E-state index in [0.717, 1.165) is 0 Å². The number of rotatable bonds is 5. The quantitative estimate of drug-likeness (QED) is 0.838. The molecule has 98 valence electrons. The molecule has 2 N–H and O–H groups in total. The van der Waals surface area contributed by atoms with Crippen LogP contribution in [0.1, 0.15) is 0 Å². The second kappa shape index (κ2) is 5.48. The van der Waals surface area contributed by atoms with Crippen LogP contribution in [0.3, 0.4) is 0 Å². The van der Waals surface area contributed by atoms with Crippen LogP contribution in [0.2, 0.25) is 0 Å². The highest BCUT2D eigenvalue weighted by atomic mass is 16.6. The van der Waals surface area contributed by atoms with Crippen molar-refractivity contribution in [2.24, 2.45) is 10.7 Å². The van der Waals surface area contributed by atoms with Gasteiger partial charge in [0.05, 0.1) is 20.8 Å². The third-order valence-electron chi connectivity index (χ3n) is 2.53. The van der Waals surface area contributed by atoms with E-state index in [1.54, 1.807) is 32.4 Å². The van der Waals surface area contributed by atoms with Gasteiger partial charge in [0.25, 0.3) is 6.02 Å². The van der Waals surface area contributed by atoms with E-state index in [0.29, 0.717) is 30.4 Å². The second-order valence-corrected chi connectivity index (χ2v) is 3.75. The molecule has 0 spiro atoms. The summed E-state index contributed by atoms with van der Waals surface area (Å²) in [5, 5.41) is 0. The van der Waals surface area contributed by atoms with Crippen molar-refractivity contribution in [1.29, 1.82) is 0 Å². The normalized spacial score (nSPS) is 17.9. The maximum Gasteiger partial charge on any atom is 0.282 e. The minimum absolute atomic E-state index is 0.127. The van der Waals surface area contributed by atoms with E-state index in [2.05, 4.69) is 4.99 Å². The lowest BCUT2D eigenvalue weighted by molar-refractivity contribution is 0.141. The largest absolute Gasteiger partial charge is 0.493 e. The summed E-state index contributed by atoms with van der Waals surface area (Å²) in [6, 6.07) is 5.57. The van der Waals surface area contributed by atoms with Gasteiger partial charge in [-0.2, -0.15) is 0 Å². The van der Waals surface area contributed by atoms with Crippen LogP contribution in [-0.4, -0.2) is 39.5 Å². The number of nitrogens with zero attached hydrogens (tertiary/aromatic N) is 1. The number of aliphatic imine (C=N–C) groups is 1. The molecular weight excluding hydrogens is 236 g/mol. The summed E-state index contributed by atoms with van der Waals surface area (Å²) in [4.78, 5) is 3.94. The predicted octanol–water partition coefficient (Wildman–Crippen LogP) is 0.796. The smallest absolute Gasteiger partial charge is 0.282 e. The highest BCUT2D eigenvalue weighted by Crippen LogP contribution is 2.30. The van der Waals surface area contributed by atoms with E-state index in [-0.39, 0.29) is 12.1 Å². The van der Waals surface area contributed by atoms with Crippen molar-refractivity contribution < 1.29 is 18.9 Å². The first-order valence-corrected chi connectivity index (χ1v) is 5.54. The highest BCUT2D eigenvalue weighted by Gasteiger charge is 2.18. The average Bonchev–Trinajstić information content (AvgIpc) is 2.81. The summed E-state index contributed by atoms with van der Waals surface area (Å²) >= 11 is 0. The molecule has 0 bridgehead atoms. The fourth-order valence-electron chi connectivity index (χ4n) is 1.62. The summed E-state index contributed by atoms with van der Waals surface area (Å²) in [6.07, 6.45) is -0.127. The Hall–Kier alpha value is -2.11. The van der Waals surface area contributed by atoms with Gasteiger partial charge in [0, 0.05) is 6.07 Å². The zero-order chi connectivity index (χ0) is 13.0. The third-order valence-corrected chi connectivity index (χ3v) is 2.53. The first kappa shape index (κ1) is 12.3. The average molecular weight is 252 g/mol. The molecule has 1 aromatic rings. The van der Waals surface area contributed by atoms with E-state index in [1.165, 1.54) is 0 Å². The summed E-state index contributed by atoms with van der Waals surface area (Å²) in [6.45, 7) is 0.915. The zero-order valence-electron chi connectivity index (χ0n) is 10.4. The van der Waals surface area contributed by atoms with E-state index < -0.39 is 0 Å². The molecule has 0 aromatic heterocycles. The van der Waals surface area contributed by atoms with Crippen molar-refractivity contribution in [2.75, 3.05) is 27.4 Å². The van der Waals surface area contributed by atoms with Crippen LogP contribution in [-0.2, 0) is 4.74 Å². The molecule has 6 nitrogen and oxygen atoms in total. The lowest BCUT2D eigenvalue weighted by atomic mass is 10.3. The van der Waals surface area contributed by atoms with Crippen molar-refractivity contribution >= 4 is 6.02 Å². The molecule has 0 aliphatic carbocycles. The van der Waals surface area contributed by atoms with Gasteiger partial charge in [-0.15, -0.1) is 0 Å². The first-order valence-electron chi connectivity index (χ1n) is 5.54. The number of benzene rings is 1. The first-order chi connectivity index (χ1) is 8.72. The van der Waals surface area contributed by atoms with Gasteiger partial charge in [0.1, 0.15) is 12.4 Å². The van der Waals surface area contributed by atoms with Gasteiger partial charge in [-0.05, 0) is 12.1 Å². The van der Waals surface area contributed by atoms with Crippen LogP contribution in [0.25, 0.3) is 0 Å². The molecule has 1 aliphatic heterocycles. The van der Waals surface area contributed by atoms with Gasteiger partial charge in [-0.25, -0.2) is 4.99 Å². The molecule has 2 rings (SSSR count). The molecule has 0 radical (unpaired) electrons. The van der Waals surface area contributed by atoms with Crippen molar-refractivity contribution in [2.45, 2.75) is 6.10 Å². The van der Waals surface area contributed by atoms with E-state index in [9.17, 15) is 0 Å². The van der Waals surface area contributed by atoms with Gasteiger partial charge in [0.15, 0.2) is 17.6 Å². The van der Waals surface area contributed by atoms with E-state index in [1.807, 2.05) is 0 Å². The Bertz CT molecular complexity index is 448. The standard InChI is InChI=1S/C12H16N2O4/c1-15-10-4-3-8(5-11(10)16-2)17-7-9-6-14-12(13)18-9/h3-5,9H,6-7H2,1-2H3,(H2,13,14). The maximum atomic E-state index is 5.59. The van der Waals surface area contributed by atoms with Gasteiger partial charge >= 0.3 is 0 Å². The molecule has 0 fully saturated rings. The SMILES string of the molecule is COc1ccc(OCC2CN=C(N)O2)cc1OC. The van der Waals surface area contributed by atoms with Gasteiger partial charge in [0.2, 0.25) is 0 Å². The minimum atomic E-state index is -0.127. The lowest BCUT2D eigenvalue weighted by Gasteiger charge is -2.13. The Labute approximate surface area is 105 Å². The van der Waals surface area contributed by atoms with Crippen LogP contribution in [0, 0.1) is 0 Å². The Morgan fingerprint density at radius 2 is 2.11 bits per heavy atom. The van der Waals surface area contributed by atoms with Crippen LogP contribution in [0.4, 0.5) is 0 Å². The summed E-state index contributed by atoms with van der Waals surface area (Å²) in [5.74, 6) is 1.97. The van der Waals surface area contributed by atoms with Gasteiger partial charge in [-0.3, -0.25) is 0 Å². The number of amidine groups is 1. The topological polar surface area (TPSA) is 75.3 Å². The van der Waals surface area contributed by atoms with Gasteiger partial charge in [-0.1, -0.05) is 0 Å². The van der Waals surface area contributed by atoms with Crippen molar-refractivity contribution in [3.8, 4) is 17.2 Å². The molecule has 0 saturated carbocycles. The number of ether oxygens (including phenoxy) is 4. The Morgan fingerprint density at radius 3 is 2.72 bits per heavy atom. The Kier molecular flexibility index (Phi) is 3.76. The van der Waals surface area contributed by atoms with Gasteiger partial charge < -0.3 is 24.7 Å². The van der Waals surface area contributed by atoms with E-state index in [4.69, 9.17) is 24.7 Å². The number of methoxy groups -OCH3 is 2. The molecule has 1 unspecified atom stereocenters. The van der Waals surface area contributed by atoms with Crippen LogP contribution >= 0.6 is 0 Å². The fraction of sp³-hybridized carbons (Fsp3) is 0.417. The molecule has 1 atom stereocenters. The third kappa shape index (κ3) is 2.77. The van der Waals surface area contributed by atoms with Crippen LogP contribution in [0.5, 0.6) is 17.2 Å². The lowest BCUT2D eigenvalue weighted by Crippen LogP contribution is -2.24. The summed E-state index contributed by atoms with van der Waals surface area (Å²) in [7, 11) is 3.17. The van der Waals surface area contributed by atoms with E-state index >= 15 is 0 Å². The fourth-order valence-corrected chi connectivity index (χ4v) is 1.62. The second-order valence-electron chi connectivity index (χ2n) is 3.75. The monoisotopic (exact) mass is 252 g/mol. The maximum absolute atomic E-state index is 5.59. The molecule has 0 saturated heterocycles. The predicted molar refractivity (Wildman–Crippen MR) is 66.4 cm³/mol. The van der Waals surface area contributed by atoms with Crippen molar-refractivity contribution in [3.05, 3.63) is 18.2 Å². The molecule has 0 amide bonds. The van der Waals surface area contributed by atoms with Crippen molar-refractivity contribution in [3.63, 3.8) is 0 Å².